The molecule has 166 valence electrons. The third-order valence-electron chi connectivity index (χ3n) is 5.33. The molecule has 0 bridgehead atoms. The van der Waals surface area contributed by atoms with Gasteiger partial charge in [-0.3, -0.25) is 4.79 Å². The van der Waals surface area contributed by atoms with E-state index in [0.717, 1.165) is 41.8 Å². The summed E-state index contributed by atoms with van der Waals surface area (Å²) in [4.78, 5) is 24.7. The zero-order valence-electron chi connectivity index (χ0n) is 18.4. The zero-order chi connectivity index (χ0) is 23.0. The van der Waals surface area contributed by atoms with Crippen LogP contribution in [0.1, 0.15) is 30.1 Å². The third-order valence-corrected chi connectivity index (χ3v) is 6.25. The summed E-state index contributed by atoms with van der Waals surface area (Å²) in [6, 6.07) is 27.0. The summed E-state index contributed by atoms with van der Waals surface area (Å²) in [5.41, 5.74) is 4.96. The van der Waals surface area contributed by atoms with Crippen LogP contribution < -0.4 is 10.6 Å². The first kappa shape index (κ1) is 22.4. The van der Waals surface area contributed by atoms with Crippen LogP contribution >= 0.6 is 11.3 Å². The lowest BCUT2D eigenvalue weighted by atomic mass is 9.98. The highest BCUT2D eigenvalue weighted by Gasteiger charge is 2.17. The van der Waals surface area contributed by atoms with E-state index in [9.17, 15) is 9.70 Å². The molecule has 4 aromatic rings. The van der Waals surface area contributed by atoms with Gasteiger partial charge in [-0.1, -0.05) is 85.3 Å². The van der Waals surface area contributed by atoms with Gasteiger partial charge in [-0.2, -0.15) is 0 Å². The third kappa shape index (κ3) is 5.35. The molecule has 0 radical (unpaired) electrons. The summed E-state index contributed by atoms with van der Waals surface area (Å²) in [6.45, 7) is 3.04. The lowest BCUT2D eigenvalue weighted by Gasteiger charge is -2.13. The minimum Gasteiger partial charge on any atom is -0.385 e. The molecule has 1 amide bonds. The molecule has 0 aliphatic rings. The second kappa shape index (κ2) is 10.7. The lowest BCUT2D eigenvalue weighted by molar-refractivity contribution is 0.102. The van der Waals surface area contributed by atoms with E-state index in [1.54, 1.807) is 6.07 Å². The van der Waals surface area contributed by atoms with Crippen LogP contribution in [0.15, 0.2) is 90.1 Å². The smallest absolute Gasteiger partial charge is 0.256 e. The van der Waals surface area contributed by atoms with Gasteiger partial charge < -0.3 is 10.6 Å². The molecule has 0 atom stereocenters. The van der Waals surface area contributed by atoms with Crippen molar-refractivity contribution < 1.29 is 4.79 Å². The Kier molecular flexibility index (Phi) is 7.27. The summed E-state index contributed by atoms with van der Waals surface area (Å²) in [7, 11) is 0. The van der Waals surface area contributed by atoms with Gasteiger partial charge in [0.05, 0.1) is 5.00 Å². The van der Waals surface area contributed by atoms with Crippen LogP contribution in [0.5, 0.6) is 0 Å². The Labute approximate surface area is 197 Å². The Bertz CT molecular complexity index is 1240. The number of benzene rings is 3. The first-order chi connectivity index (χ1) is 16.2. The van der Waals surface area contributed by atoms with E-state index in [1.165, 1.54) is 11.3 Å². The van der Waals surface area contributed by atoms with Gasteiger partial charge in [0, 0.05) is 23.4 Å². The van der Waals surface area contributed by atoms with Crippen molar-refractivity contribution in [1.82, 2.24) is 0 Å². The predicted octanol–water partition coefficient (Wildman–Crippen LogP) is 7.94. The van der Waals surface area contributed by atoms with Crippen molar-refractivity contribution in [2.24, 2.45) is 5.18 Å². The highest BCUT2D eigenvalue weighted by atomic mass is 32.1. The van der Waals surface area contributed by atoms with Gasteiger partial charge in [-0.25, -0.2) is 0 Å². The van der Waals surface area contributed by atoms with Gasteiger partial charge in [-0.05, 0) is 52.6 Å². The molecule has 1 aromatic heterocycles. The molecule has 33 heavy (non-hydrogen) atoms. The number of nitroso groups, excluding NO2 is 1. The van der Waals surface area contributed by atoms with Crippen molar-refractivity contribution in [3.8, 4) is 22.3 Å². The van der Waals surface area contributed by atoms with E-state index >= 15 is 0 Å². The van der Waals surface area contributed by atoms with Crippen molar-refractivity contribution in [2.75, 3.05) is 17.2 Å². The highest BCUT2D eigenvalue weighted by molar-refractivity contribution is 7.20. The van der Waals surface area contributed by atoms with Gasteiger partial charge in [0.1, 0.15) is 0 Å². The Morgan fingerprint density at radius 2 is 1.55 bits per heavy atom. The number of carbonyl (C=O) groups is 1. The van der Waals surface area contributed by atoms with Crippen LogP contribution in [0.25, 0.3) is 22.3 Å². The summed E-state index contributed by atoms with van der Waals surface area (Å²) in [5, 5.41) is 10.5. The molecular formula is C27H25N3O2S. The zero-order valence-corrected chi connectivity index (χ0v) is 19.2. The molecule has 3 aromatic carbocycles. The monoisotopic (exact) mass is 455 g/mol. The van der Waals surface area contributed by atoms with Gasteiger partial charge in [-0.15, -0.1) is 4.91 Å². The van der Waals surface area contributed by atoms with Crippen LogP contribution in [0.2, 0.25) is 0 Å². The quantitative estimate of drug-likeness (QED) is 0.199. The molecule has 5 nitrogen and oxygen atoms in total. The summed E-state index contributed by atoms with van der Waals surface area (Å²) in [6.07, 6.45) is 2.20. The van der Waals surface area contributed by atoms with Crippen molar-refractivity contribution >= 4 is 32.9 Å². The van der Waals surface area contributed by atoms with E-state index in [-0.39, 0.29) is 5.91 Å². The van der Waals surface area contributed by atoms with Crippen molar-refractivity contribution in [2.45, 2.75) is 19.8 Å². The molecule has 4 rings (SSSR count). The molecule has 6 heteroatoms. The van der Waals surface area contributed by atoms with Crippen LogP contribution in [-0.2, 0) is 0 Å². The predicted molar refractivity (Wildman–Crippen MR) is 138 cm³/mol. The SMILES string of the molecule is CCCCNc1ccc(C(=O)Nc2cc(-c3ccccc3)c(N=O)s2)c(-c2ccccc2)c1. The van der Waals surface area contributed by atoms with Crippen molar-refractivity contribution in [3.05, 3.63) is 95.4 Å². The Morgan fingerprint density at radius 3 is 2.18 bits per heavy atom. The van der Waals surface area contributed by atoms with Gasteiger partial charge >= 0.3 is 0 Å². The van der Waals surface area contributed by atoms with Crippen LogP contribution in [-0.4, -0.2) is 12.5 Å². The maximum Gasteiger partial charge on any atom is 0.256 e. The van der Waals surface area contributed by atoms with E-state index in [4.69, 9.17) is 0 Å². The maximum atomic E-state index is 13.3. The fourth-order valence-corrected chi connectivity index (χ4v) is 4.49. The Balaban J connectivity index is 1.64. The molecule has 0 saturated carbocycles. The molecule has 0 aliphatic carbocycles. The number of amides is 1. The molecular weight excluding hydrogens is 430 g/mol. The van der Waals surface area contributed by atoms with Crippen LogP contribution in [0, 0.1) is 4.91 Å². The molecule has 0 saturated heterocycles. The van der Waals surface area contributed by atoms with Gasteiger partial charge in [0.15, 0.2) is 5.00 Å². The van der Waals surface area contributed by atoms with Gasteiger partial charge in [0.2, 0.25) is 0 Å². The molecule has 0 fully saturated rings. The fourth-order valence-electron chi connectivity index (χ4n) is 3.63. The second-order valence-electron chi connectivity index (χ2n) is 7.65. The fraction of sp³-hybridized carbons (Fsp3) is 0.148. The first-order valence-corrected chi connectivity index (χ1v) is 11.8. The number of hydrogen-bond acceptors (Lipinski definition) is 5. The van der Waals surface area contributed by atoms with Crippen molar-refractivity contribution in [3.63, 3.8) is 0 Å². The standard InChI is InChI=1S/C27H25N3O2S/c1-2-3-16-28-21-14-15-22(23(17-21)19-10-6-4-7-11-19)26(31)29-25-18-24(27(30-32)33-25)20-12-8-5-9-13-20/h4-15,17-18,28H,2-3,16H2,1H3,(H,29,31). The molecule has 0 spiro atoms. The summed E-state index contributed by atoms with van der Waals surface area (Å²) >= 11 is 1.17. The summed E-state index contributed by atoms with van der Waals surface area (Å²) in [5.74, 6) is -0.229. The number of nitrogens with one attached hydrogen (secondary N) is 2. The molecule has 0 aliphatic heterocycles. The number of carbonyl (C=O) groups excluding carboxylic acids is 1. The van der Waals surface area contributed by atoms with E-state index in [1.807, 2.05) is 78.9 Å². The number of hydrogen-bond donors (Lipinski definition) is 2. The lowest BCUT2D eigenvalue weighted by Crippen LogP contribution is -2.13. The largest absolute Gasteiger partial charge is 0.385 e. The number of rotatable bonds is 9. The normalized spacial score (nSPS) is 10.6. The van der Waals surface area contributed by atoms with Crippen molar-refractivity contribution in [1.29, 1.82) is 0 Å². The Hall–Kier alpha value is -3.77. The minimum atomic E-state index is -0.229. The number of unbranched alkanes of at least 4 members (excludes halogenated alkanes) is 1. The van der Waals surface area contributed by atoms with Crippen LogP contribution in [0.3, 0.4) is 0 Å². The average Bonchev–Trinajstić information content (AvgIpc) is 3.28. The van der Waals surface area contributed by atoms with E-state index < -0.39 is 0 Å². The number of nitrogens with zero attached hydrogens (tertiary/aromatic N) is 1. The molecule has 0 unspecified atom stereocenters. The summed E-state index contributed by atoms with van der Waals surface area (Å²) < 4.78 is 0. The average molecular weight is 456 g/mol. The van der Waals surface area contributed by atoms with E-state index in [2.05, 4.69) is 22.7 Å². The van der Waals surface area contributed by atoms with E-state index in [0.29, 0.717) is 21.1 Å². The van der Waals surface area contributed by atoms with Gasteiger partial charge in [0.25, 0.3) is 5.91 Å². The molecule has 1 heterocycles. The Morgan fingerprint density at radius 1 is 0.879 bits per heavy atom. The number of thiophene rings is 1. The number of anilines is 2. The first-order valence-electron chi connectivity index (χ1n) is 11.0. The van der Waals surface area contributed by atoms with Crippen LogP contribution in [0.4, 0.5) is 15.7 Å². The minimum absolute atomic E-state index is 0.229. The second-order valence-corrected chi connectivity index (χ2v) is 8.68. The highest BCUT2D eigenvalue weighted by Crippen LogP contribution is 2.41. The molecule has 2 N–H and O–H groups in total. The topological polar surface area (TPSA) is 70.6 Å². The maximum absolute atomic E-state index is 13.3.